The first-order valence-electron chi connectivity index (χ1n) is 5.22. The van der Waals surface area contributed by atoms with E-state index in [2.05, 4.69) is 0 Å². The van der Waals surface area contributed by atoms with Gasteiger partial charge in [-0.05, 0) is 18.6 Å². The molecule has 0 spiro atoms. The maximum absolute atomic E-state index is 11.9. The zero-order valence-corrected chi connectivity index (χ0v) is 10.4. The van der Waals surface area contributed by atoms with Gasteiger partial charge in [-0.3, -0.25) is 9.00 Å². The molecule has 3 nitrogen and oxygen atoms in total. The van der Waals surface area contributed by atoms with Crippen LogP contribution in [-0.4, -0.2) is 22.9 Å². The summed E-state index contributed by atoms with van der Waals surface area (Å²) in [5.74, 6) is 0.686. The number of carbonyl (C=O) groups excluding carboxylic acids is 1. The summed E-state index contributed by atoms with van der Waals surface area (Å²) in [4.78, 5) is 12.0. The molecular formula is C12H16O3S. The van der Waals surface area contributed by atoms with Gasteiger partial charge in [0.15, 0.2) is 0 Å². The number of ether oxygens (including phenoxy) is 1. The highest BCUT2D eigenvalue weighted by molar-refractivity contribution is 7.85. The second-order valence-electron chi connectivity index (χ2n) is 3.43. The van der Waals surface area contributed by atoms with Gasteiger partial charge in [0.1, 0.15) is 11.5 Å². The van der Waals surface area contributed by atoms with E-state index in [0.29, 0.717) is 17.1 Å². The number of rotatable bonds is 6. The number of hydrogen-bond acceptors (Lipinski definition) is 3. The Labute approximate surface area is 98.3 Å². The first-order chi connectivity index (χ1) is 7.69. The zero-order valence-electron chi connectivity index (χ0n) is 9.56. The molecule has 0 bridgehead atoms. The van der Waals surface area contributed by atoms with Crippen LogP contribution in [0.25, 0.3) is 0 Å². The summed E-state index contributed by atoms with van der Waals surface area (Å²) >= 11 is 0. The summed E-state index contributed by atoms with van der Waals surface area (Å²) in [6.45, 7) is 1.93. The van der Waals surface area contributed by atoms with Gasteiger partial charge in [0.05, 0.1) is 28.6 Å². The molecule has 1 aromatic carbocycles. The standard InChI is InChI=1S/C12H16O3S/c1-3-6-10(13)9-16(14)12-8-5-4-7-11(12)15-2/h4-5,7-8H,3,6,9H2,1-2H3. The van der Waals surface area contributed by atoms with Gasteiger partial charge in [-0.15, -0.1) is 0 Å². The van der Waals surface area contributed by atoms with E-state index in [1.54, 1.807) is 18.2 Å². The van der Waals surface area contributed by atoms with Crippen molar-refractivity contribution in [3.8, 4) is 5.75 Å². The first kappa shape index (κ1) is 12.9. The van der Waals surface area contributed by atoms with E-state index in [1.807, 2.05) is 13.0 Å². The molecular weight excluding hydrogens is 224 g/mol. The third-order valence-electron chi connectivity index (χ3n) is 2.14. The Hall–Kier alpha value is -1.16. The number of Topliss-reactive ketones (excluding diaryl/α,β-unsaturated/α-hetero) is 1. The molecule has 0 N–H and O–H groups in total. The number of hydrogen-bond donors (Lipinski definition) is 0. The lowest BCUT2D eigenvalue weighted by molar-refractivity contribution is -0.116. The molecule has 0 aliphatic heterocycles. The van der Waals surface area contributed by atoms with Crippen molar-refractivity contribution < 1.29 is 13.7 Å². The second-order valence-corrected chi connectivity index (χ2v) is 4.85. The molecule has 1 atom stereocenters. The van der Waals surface area contributed by atoms with Gasteiger partial charge in [0.25, 0.3) is 0 Å². The average Bonchev–Trinajstić information content (AvgIpc) is 2.29. The van der Waals surface area contributed by atoms with Gasteiger partial charge >= 0.3 is 0 Å². The van der Waals surface area contributed by atoms with Crippen molar-refractivity contribution in [2.45, 2.75) is 24.7 Å². The lowest BCUT2D eigenvalue weighted by atomic mass is 10.3. The fourth-order valence-corrected chi connectivity index (χ4v) is 2.58. The molecule has 0 aromatic heterocycles. The number of benzene rings is 1. The lowest BCUT2D eigenvalue weighted by Crippen LogP contribution is -2.10. The number of ketones is 1. The maximum atomic E-state index is 11.9. The third kappa shape index (κ3) is 3.45. The molecule has 4 heteroatoms. The van der Waals surface area contributed by atoms with Crippen LogP contribution in [0.15, 0.2) is 29.2 Å². The van der Waals surface area contributed by atoms with Gasteiger partial charge in [-0.25, -0.2) is 0 Å². The highest BCUT2D eigenvalue weighted by Gasteiger charge is 2.13. The summed E-state index contributed by atoms with van der Waals surface area (Å²) in [6, 6.07) is 7.08. The van der Waals surface area contributed by atoms with Crippen LogP contribution in [-0.2, 0) is 15.6 Å². The van der Waals surface area contributed by atoms with E-state index in [9.17, 15) is 9.00 Å². The Morgan fingerprint density at radius 3 is 2.69 bits per heavy atom. The van der Waals surface area contributed by atoms with E-state index in [-0.39, 0.29) is 11.5 Å². The first-order valence-corrected chi connectivity index (χ1v) is 6.54. The van der Waals surface area contributed by atoms with Crippen molar-refractivity contribution >= 4 is 16.6 Å². The minimum atomic E-state index is -1.30. The van der Waals surface area contributed by atoms with E-state index < -0.39 is 10.8 Å². The van der Waals surface area contributed by atoms with E-state index >= 15 is 0 Å². The molecule has 0 saturated heterocycles. The Bertz CT molecular complexity index is 388. The predicted molar refractivity (Wildman–Crippen MR) is 64.2 cm³/mol. The number of methoxy groups -OCH3 is 1. The molecule has 88 valence electrons. The largest absolute Gasteiger partial charge is 0.495 e. The average molecular weight is 240 g/mol. The van der Waals surface area contributed by atoms with Crippen molar-refractivity contribution in [3.05, 3.63) is 24.3 Å². The molecule has 0 heterocycles. The van der Waals surface area contributed by atoms with Crippen LogP contribution in [0.5, 0.6) is 5.75 Å². The maximum Gasteiger partial charge on any atom is 0.145 e. The monoisotopic (exact) mass is 240 g/mol. The fraction of sp³-hybridized carbons (Fsp3) is 0.417. The van der Waals surface area contributed by atoms with Gasteiger partial charge in [0.2, 0.25) is 0 Å². The minimum absolute atomic E-state index is 0.0340. The Kier molecular flexibility index (Phi) is 5.19. The van der Waals surface area contributed by atoms with Crippen LogP contribution in [0, 0.1) is 0 Å². The predicted octanol–water partition coefficient (Wildman–Crippen LogP) is 2.17. The van der Waals surface area contributed by atoms with Crippen LogP contribution < -0.4 is 4.74 Å². The summed E-state index contributed by atoms with van der Waals surface area (Å²) in [5.41, 5.74) is 0. The molecule has 1 rings (SSSR count). The zero-order chi connectivity index (χ0) is 12.0. The molecule has 0 aliphatic carbocycles. The number of para-hydroxylation sites is 1. The summed E-state index contributed by atoms with van der Waals surface area (Å²) < 4.78 is 17.0. The second kappa shape index (κ2) is 6.43. The van der Waals surface area contributed by atoms with Gasteiger partial charge in [-0.2, -0.15) is 0 Å². The van der Waals surface area contributed by atoms with Gasteiger partial charge in [0, 0.05) is 6.42 Å². The third-order valence-corrected chi connectivity index (χ3v) is 3.55. The fourth-order valence-electron chi connectivity index (χ4n) is 1.38. The van der Waals surface area contributed by atoms with Crippen molar-refractivity contribution in [1.82, 2.24) is 0 Å². The van der Waals surface area contributed by atoms with E-state index in [0.717, 1.165) is 6.42 Å². The summed E-state index contributed by atoms with van der Waals surface area (Å²) in [5, 5.41) is 0. The van der Waals surface area contributed by atoms with Crippen LogP contribution in [0.1, 0.15) is 19.8 Å². The molecule has 1 aromatic rings. The quantitative estimate of drug-likeness (QED) is 0.765. The van der Waals surface area contributed by atoms with Crippen LogP contribution in [0.3, 0.4) is 0 Å². The Balaban J connectivity index is 2.76. The number of carbonyl (C=O) groups is 1. The minimum Gasteiger partial charge on any atom is -0.495 e. The molecule has 16 heavy (non-hydrogen) atoms. The topological polar surface area (TPSA) is 43.4 Å². The van der Waals surface area contributed by atoms with Gasteiger partial charge < -0.3 is 4.74 Å². The summed E-state index contributed by atoms with van der Waals surface area (Å²) in [6.07, 6.45) is 1.28. The summed E-state index contributed by atoms with van der Waals surface area (Å²) in [7, 11) is 0.231. The SMILES string of the molecule is CCCC(=O)CS(=O)c1ccccc1OC. The van der Waals surface area contributed by atoms with Crippen LogP contribution in [0.2, 0.25) is 0 Å². The van der Waals surface area contributed by atoms with E-state index in [1.165, 1.54) is 7.11 Å². The van der Waals surface area contributed by atoms with Crippen molar-refractivity contribution in [3.63, 3.8) is 0 Å². The van der Waals surface area contributed by atoms with Crippen molar-refractivity contribution in [1.29, 1.82) is 0 Å². The molecule has 0 radical (unpaired) electrons. The Morgan fingerprint density at radius 1 is 1.38 bits per heavy atom. The molecule has 0 amide bonds. The van der Waals surface area contributed by atoms with Crippen LogP contribution in [0.4, 0.5) is 0 Å². The molecule has 0 saturated carbocycles. The highest BCUT2D eigenvalue weighted by Crippen LogP contribution is 2.21. The molecule has 0 aliphatic rings. The smallest absolute Gasteiger partial charge is 0.145 e. The Morgan fingerprint density at radius 2 is 2.06 bits per heavy atom. The van der Waals surface area contributed by atoms with Crippen molar-refractivity contribution in [2.75, 3.05) is 12.9 Å². The molecule has 1 unspecified atom stereocenters. The highest BCUT2D eigenvalue weighted by atomic mass is 32.2. The molecule has 0 fully saturated rings. The van der Waals surface area contributed by atoms with Gasteiger partial charge in [-0.1, -0.05) is 19.1 Å². The lowest BCUT2D eigenvalue weighted by Gasteiger charge is -2.06. The van der Waals surface area contributed by atoms with Crippen molar-refractivity contribution in [2.24, 2.45) is 0 Å². The van der Waals surface area contributed by atoms with E-state index in [4.69, 9.17) is 4.74 Å². The van der Waals surface area contributed by atoms with Crippen LogP contribution >= 0.6 is 0 Å². The normalized spacial score (nSPS) is 12.1.